The maximum absolute atomic E-state index is 13.3. The van der Waals surface area contributed by atoms with Crippen molar-refractivity contribution in [3.63, 3.8) is 0 Å². The van der Waals surface area contributed by atoms with Crippen LogP contribution in [0.25, 0.3) is 0 Å². The first-order valence-corrected chi connectivity index (χ1v) is 9.15. The van der Waals surface area contributed by atoms with Gasteiger partial charge in [0.1, 0.15) is 24.8 Å². The number of allylic oxidation sites excluding steroid dienone is 1. The fraction of sp³-hybridized carbons (Fsp3) is 0.353. The van der Waals surface area contributed by atoms with Crippen LogP contribution in [0.3, 0.4) is 0 Å². The molecule has 1 N–H and O–H groups in total. The minimum atomic E-state index is -0.509. The van der Waals surface area contributed by atoms with E-state index in [0.29, 0.717) is 23.8 Å². The van der Waals surface area contributed by atoms with Gasteiger partial charge in [-0.2, -0.15) is 21.8 Å². The maximum atomic E-state index is 13.3. The lowest BCUT2D eigenvalue weighted by atomic mass is 9.96. The number of esters is 1. The normalized spacial score (nSPS) is 16.4. The van der Waals surface area contributed by atoms with Crippen LogP contribution in [0.1, 0.15) is 25.5 Å². The van der Waals surface area contributed by atoms with Crippen molar-refractivity contribution < 1.29 is 13.9 Å². The standard InChI is InChI=1S/C17H19FN4O2S/c1-3-25-9-8-24-16(23)14-11(2)21-17-19-10-20-22(17)15(14)12-4-6-13(18)7-5-12/h4-7,10,15H,3,8-9H2,1-2H3,(H,19,20,21). The monoisotopic (exact) mass is 362 g/mol. The summed E-state index contributed by atoms with van der Waals surface area (Å²) < 4.78 is 20.3. The highest BCUT2D eigenvalue weighted by Gasteiger charge is 2.34. The van der Waals surface area contributed by atoms with Gasteiger partial charge in [0.25, 0.3) is 0 Å². The molecule has 8 heteroatoms. The number of ether oxygens (including phenoxy) is 1. The summed E-state index contributed by atoms with van der Waals surface area (Å²) in [6.07, 6.45) is 1.41. The molecule has 1 aromatic heterocycles. The predicted octanol–water partition coefficient (Wildman–Crippen LogP) is 3.00. The highest BCUT2D eigenvalue weighted by molar-refractivity contribution is 7.99. The van der Waals surface area contributed by atoms with E-state index in [0.717, 1.165) is 17.1 Å². The van der Waals surface area contributed by atoms with Gasteiger partial charge in [0.2, 0.25) is 5.95 Å². The Kier molecular flexibility index (Phi) is 5.37. The molecular formula is C17H19FN4O2S. The average Bonchev–Trinajstić information content (AvgIpc) is 3.06. The van der Waals surface area contributed by atoms with E-state index in [9.17, 15) is 9.18 Å². The number of nitrogens with one attached hydrogen (secondary N) is 1. The molecule has 0 saturated heterocycles. The smallest absolute Gasteiger partial charge is 0.338 e. The Balaban J connectivity index is 1.92. The van der Waals surface area contributed by atoms with Crippen LogP contribution in [0, 0.1) is 5.82 Å². The lowest BCUT2D eigenvalue weighted by molar-refractivity contribution is -0.138. The molecule has 3 rings (SSSR count). The SMILES string of the molecule is CCSCCOC(=O)C1=C(C)Nc2ncnn2C1c1ccc(F)cc1. The summed E-state index contributed by atoms with van der Waals surface area (Å²) in [5.41, 5.74) is 1.85. The van der Waals surface area contributed by atoms with Gasteiger partial charge < -0.3 is 10.1 Å². The van der Waals surface area contributed by atoms with Crippen molar-refractivity contribution in [2.45, 2.75) is 19.9 Å². The zero-order valence-electron chi connectivity index (χ0n) is 14.0. The number of hydrogen-bond acceptors (Lipinski definition) is 6. The molecule has 0 amide bonds. The summed E-state index contributed by atoms with van der Waals surface area (Å²) in [4.78, 5) is 16.8. The number of nitrogens with zero attached hydrogens (tertiary/aromatic N) is 3. The van der Waals surface area contributed by atoms with Crippen molar-refractivity contribution in [2.75, 3.05) is 23.4 Å². The lowest BCUT2D eigenvalue weighted by Crippen LogP contribution is -2.30. The van der Waals surface area contributed by atoms with E-state index in [1.807, 2.05) is 0 Å². The summed E-state index contributed by atoms with van der Waals surface area (Å²) >= 11 is 1.71. The van der Waals surface area contributed by atoms with Crippen molar-refractivity contribution >= 4 is 23.7 Å². The van der Waals surface area contributed by atoms with Crippen LogP contribution < -0.4 is 5.32 Å². The first kappa shape index (κ1) is 17.5. The van der Waals surface area contributed by atoms with Crippen LogP contribution in [0.4, 0.5) is 10.3 Å². The fourth-order valence-electron chi connectivity index (χ4n) is 2.72. The second-order valence-electron chi connectivity index (χ2n) is 5.48. The predicted molar refractivity (Wildman–Crippen MR) is 94.8 cm³/mol. The highest BCUT2D eigenvalue weighted by Crippen LogP contribution is 2.35. The Morgan fingerprint density at radius 3 is 2.88 bits per heavy atom. The summed E-state index contributed by atoms with van der Waals surface area (Å²) in [6.45, 7) is 4.20. The molecule has 0 bridgehead atoms. The van der Waals surface area contributed by atoms with E-state index < -0.39 is 12.0 Å². The van der Waals surface area contributed by atoms with Gasteiger partial charge in [0.15, 0.2) is 0 Å². The van der Waals surface area contributed by atoms with E-state index >= 15 is 0 Å². The molecule has 0 aliphatic carbocycles. The number of thioether (sulfide) groups is 1. The van der Waals surface area contributed by atoms with Gasteiger partial charge in [-0.3, -0.25) is 0 Å². The number of rotatable bonds is 6. The number of aromatic nitrogens is 3. The number of carbonyl (C=O) groups is 1. The number of hydrogen-bond donors (Lipinski definition) is 1. The quantitative estimate of drug-likeness (QED) is 0.629. The summed E-state index contributed by atoms with van der Waals surface area (Å²) in [6, 6.07) is 5.51. The Hall–Kier alpha value is -2.35. The van der Waals surface area contributed by atoms with Crippen LogP contribution in [0.2, 0.25) is 0 Å². The third-order valence-electron chi connectivity index (χ3n) is 3.86. The molecule has 6 nitrogen and oxygen atoms in total. The first-order chi connectivity index (χ1) is 12.1. The van der Waals surface area contributed by atoms with Crippen molar-refractivity contribution in [3.8, 4) is 0 Å². The Morgan fingerprint density at radius 1 is 1.40 bits per heavy atom. The van der Waals surface area contributed by atoms with Gasteiger partial charge in [-0.15, -0.1) is 0 Å². The molecule has 1 aliphatic rings. The molecule has 2 heterocycles. The van der Waals surface area contributed by atoms with Crippen LogP contribution in [0.15, 0.2) is 41.9 Å². The number of fused-ring (bicyclic) bond motifs is 1. The summed E-state index contributed by atoms with van der Waals surface area (Å²) in [7, 11) is 0. The third-order valence-corrected chi connectivity index (χ3v) is 4.73. The maximum Gasteiger partial charge on any atom is 0.338 e. The number of anilines is 1. The molecule has 0 radical (unpaired) electrons. The number of halogens is 1. The summed E-state index contributed by atoms with van der Waals surface area (Å²) in [5.74, 6) is 1.51. The second kappa shape index (κ2) is 7.69. The molecule has 25 heavy (non-hydrogen) atoms. The highest BCUT2D eigenvalue weighted by atomic mass is 32.2. The molecule has 132 valence electrons. The van der Waals surface area contributed by atoms with Crippen molar-refractivity contribution in [1.82, 2.24) is 14.8 Å². The van der Waals surface area contributed by atoms with Crippen molar-refractivity contribution in [1.29, 1.82) is 0 Å². The zero-order valence-corrected chi connectivity index (χ0v) is 14.8. The second-order valence-corrected chi connectivity index (χ2v) is 6.87. The molecule has 0 fully saturated rings. The molecule has 0 saturated carbocycles. The minimum absolute atomic E-state index is 0.335. The lowest BCUT2D eigenvalue weighted by Gasteiger charge is -2.28. The van der Waals surface area contributed by atoms with Crippen LogP contribution in [-0.4, -0.2) is 38.8 Å². The molecule has 1 unspecified atom stereocenters. The zero-order chi connectivity index (χ0) is 17.8. The molecule has 0 spiro atoms. The van der Waals surface area contributed by atoms with E-state index in [-0.39, 0.29) is 5.82 Å². The fourth-order valence-corrected chi connectivity index (χ4v) is 3.21. The Labute approximate surface area is 149 Å². The first-order valence-electron chi connectivity index (χ1n) is 7.99. The third kappa shape index (κ3) is 3.68. The van der Waals surface area contributed by atoms with Gasteiger partial charge in [-0.25, -0.2) is 13.9 Å². The van der Waals surface area contributed by atoms with Gasteiger partial charge >= 0.3 is 5.97 Å². The van der Waals surface area contributed by atoms with Gasteiger partial charge in [0.05, 0.1) is 5.57 Å². The van der Waals surface area contributed by atoms with Crippen molar-refractivity contribution in [2.24, 2.45) is 0 Å². The average molecular weight is 362 g/mol. The number of benzene rings is 1. The Morgan fingerprint density at radius 2 is 2.16 bits per heavy atom. The molecule has 2 aromatic rings. The molecule has 1 aromatic carbocycles. The topological polar surface area (TPSA) is 69.0 Å². The largest absolute Gasteiger partial charge is 0.461 e. The van der Waals surface area contributed by atoms with Gasteiger partial charge in [-0.1, -0.05) is 19.1 Å². The molecule has 1 atom stereocenters. The van der Waals surface area contributed by atoms with E-state index in [2.05, 4.69) is 22.3 Å². The van der Waals surface area contributed by atoms with E-state index in [1.165, 1.54) is 18.5 Å². The van der Waals surface area contributed by atoms with Crippen LogP contribution in [-0.2, 0) is 9.53 Å². The minimum Gasteiger partial charge on any atom is -0.461 e. The van der Waals surface area contributed by atoms with Crippen molar-refractivity contribution in [3.05, 3.63) is 53.2 Å². The van der Waals surface area contributed by atoms with Crippen LogP contribution in [0.5, 0.6) is 0 Å². The molecular weight excluding hydrogens is 343 g/mol. The summed E-state index contributed by atoms with van der Waals surface area (Å²) in [5, 5.41) is 7.29. The molecule has 1 aliphatic heterocycles. The van der Waals surface area contributed by atoms with Crippen LogP contribution >= 0.6 is 11.8 Å². The van der Waals surface area contributed by atoms with Gasteiger partial charge in [0, 0.05) is 11.4 Å². The Bertz CT molecular complexity index is 788. The number of carbonyl (C=O) groups excluding carboxylic acids is 1. The van der Waals surface area contributed by atoms with Gasteiger partial charge in [-0.05, 0) is 30.4 Å². The van der Waals surface area contributed by atoms with E-state index in [4.69, 9.17) is 4.74 Å². The van der Waals surface area contributed by atoms with E-state index in [1.54, 1.807) is 35.5 Å².